The van der Waals surface area contributed by atoms with Gasteiger partial charge in [0.15, 0.2) is 11.5 Å². The monoisotopic (exact) mass is 611 g/mol. The van der Waals surface area contributed by atoms with Crippen molar-refractivity contribution in [3.63, 3.8) is 0 Å². The standard InChI is InChI=1S/C27H28Cl3N3O5S/c1-3-14-38-25-13-8-19(15-26(25)37-4-2)16-31-32-27(34)18-33(17-22-23(29)6-5-7-24(22)30)39(35,36)21-11-9-20(28)10-12-21/h5-13,15-16H,3-4,14,17-18H2,1-2H3,(H,32,34)/b31-16-. The summed E-state index contributed by atoms with van der Waals surface area (Å²) in [5, 5.41) is 4.90. The fourth-order valence-electron chi connectivity index (χ4n) is 3.42. The van der Waals surface area contributed by atoms with E-state index in [1.807, 2.05) is 13.8 Å². The second-order valence-electron chi connectivity index (χ2n) is 8.21. The zero-order valence-corrected chi connectivity index (χ0v) is 24.4. The maximum absolute atomic E-state index is 13.5. The molecule has 0 aliphatic rings. The molecule has 0 bridgehead atoms. The zero-order valence-electron chi connectivity index (χ0n) is 21.4. The van der Waals surface area contributed by atoms with Gasteiger partial charge in [-0.1, -0.05) is 47.8 Å². The van der Waals surface area contributed by atoms with Gasteiger partial charge < -0.3 is 9.47 Å². The number of amides is 1. The minimum atomic E-state index is -4.13. The molecule has 0 radical (unpaired) electrons. The minimum Gasteiger partial charge on any atom is -0.490 e. The van der Waals surface area contributed by atoms with Crippen molar-refractivity contribution >= 4 is 56.9 Å². The van der Waals surface area contributed by atoms with Gasteiger partial charge in [0.2, 0.25) is 10.0 Å². The Morgan fingerprint density at radius 2 is 1.67 bits per heavy atom. The summed E-state index contributed by atoms with van der Waals surface area (Å²) in [4.78, 5) is 12.8. The van der Waals surface area contributed by atoms with Gasteiger partial charge in [0, 0.05) is 27.2 Å². The van der Waals surface area contributed by atoms with E-state index in [0.717, 1.165) is 10.7 Å². The molecular formula is C27H28Cl3N3O5S. The highest BCUT2D eigenvalue weighted by molar-refractivity contribution is 7.89. The van der Waals surface area contributed by atoms with E-state index in [0.29, 0.717) is 40.9 Å². The SMILES string of the molecule is CCCOc1ccc(/C=N\NC(=O)CN(Cc2c(Cl)cccc2Cl)S(=O)(=O)c2ccc(Cl)cc2)cc1OCC. The first kappa shape index (κ1) is 30.7. The fourth-order valence-corrected chi connectivity index (χ4v) is 5.43. The molecule has 3 aromatic carbocycles. The maximum atomic E-state index is 13.5. The molecule has 1 N–H and O–H groups in total. The Labute approximate surface area is 243 Å². The van der Waals surface area contributed by atoms with E-state index in [2.05, 4.69) is 10.5 Å². The number of rotatable bonds is 13. The molecule has 12 heteroatoms. The third-order valence-electron chi connectivity index (χ3n) is 5.30. The van der Waals surface area contributed by atoms with E-state index in [1.54, 1.807) is 36.4 Å². The molecule has 208 valence electrons. The molecule has 0 heterocycles. The molecule has 0 aliphatic carbocycles. The van der Waals surface area contributed by atoms with Crippen LogP contribution < -0.4 is 14.9 Å². The summed E-state index contributed by atoms with van der Waals surface area (Å²) in [7, 11) is -4.13. The summed E-state index contributed by atoms with van der Waals surface area (Å²) >= 11 is 18.5. The van der Waals surface area contributed by atoms with Crippen LogP contribution in [0.1, 0.15) is 31.4 Å². The Bertz CT molecular complexity index is 1400. The van der Waals surface area contributed by atoms with Gasteiger partial charge in [-0.05, 0) is 73.5 Å². The lowest BCUT2D eigenvalue weighted by molar-refractivity contribution is -0.121. The predicted molar refractivity (Wildman–Crippen MR) is 155 cm³/mol. The molecule has 0 aliphatic heterocycles. The lowest BCUT2D eigenvalue weighted by Crippen LogP contribution is -2.39. The zero-order chi connectivity index (χ0) is 28.4. The Kier molecular flexibility index (Phi) is 11.4. The lowest BCUT2D eigenvalue weighted by Gasteiger charge is -2.22. The number of halogens is 3. The third-order valence-corrected chi connectivity index (χ3v) is 8.07. The summed E-state index contributed by atoms with van der Waals surface area (Å²) in [5.74, 6) is 0.499. The second-order valence-corrected chi connectivity index (χ2v) is 11.4. The van der Waals surface area contributed by atoms with Crippen molar-refractivity contribution in [1.29, 1.82) is 0 Å². The number of hydrogen-bond acceptors (Lipinski definition) is 6. The Morgan fingerprint density at radius 3 is 2.31 bits per heavy atom. The maximum Gasteiger partial charge on any atom is 0.255 e. The fraction of sp³-hybridized carbons (Fsp3) is 0.259. The topological polar surface area (TPSA) is 97.3 Å². The van der Waals surface area contributed by atoms with E-state index >= 15 is 0 Å². The van der Waals surface area contributed by atoms with Gasteiger partial charge in [-0.2, -0.15) is 9.41 Å². The summed E-state index contributed by atoms with van der Waals surface area (Å²) in [5.41, 5.74) is 3.39. The van der Waals surface area contributed by atoms with Crippen molar-refractivity contribution in [2.45, 2.75) is 31.7 Å². The summed E-state index contributed by atoms with van der Waals surface area (Å²) in [6.07, 6.45) is 2.28. The second kappa shape index (κ2) is 14.5. The first-order valence-electron chi connectivity index (χ1n) is 12.1. The van der Waals surface area contributed by atoms with Crippen molar-refractivity contribution in [2.24, 2.45) is 5.10 Å². The van der Waals surface area contributed by atoms with Crippen molar-refractivity contribution in [1.82, 2.24) is 9.73 Å². The largest absolute Gasteiger partial charge is 0.490 e. The van der Waals surface area contributed by atoms with Crippen LogP contribution >= 0.6 is 34.8 Å². The van der Waals surface area contributed by atoms with Crippen molar-refractivity contribution < 1.29 is 22.7 Å². The van der Waals surface area contributed by atoms with Crippen molar-refractivity contribution in [3.05, 3.63) is 86.9 Å². The highest BCUT2D eigenvalue weighted by atomic mass is 35.5. The van der Waals surface area contributed by atoms with Crippen LogP contribution in [0.4, 0.5) is 0 Å². The van der Waals surface area contributed by atoms with Gasteiger partial charge in [0.1, 0.15) is 0 Å². The summed E-state index contributed by atoms with van der Waals surface area (Å²) in [6, 6.07) is 15.7. The van der Waals surface area contributed by atoms with Gasteiger partial charge in [-0.15, -0.1) is 0 Å². The molecule has 3 aromatic rings. The number of sulfonamides is 1. The Balaban J connectivity index is 1.79. The number of benzene rings is 3. The number of nitrogens with one attached hydrogen (secondary N) is 1. The van der Waals surface area contributed by atoms with E-state index in [-0.39, 0.29) is 21.5 Å². The number of ether oxygens (including phenoxy) is 2. The first-order valence-corrected chi connectivity index (χ1v) is 14.6. The molecular weight excluding hydrogens is 585 g/mol. The molecule has 0 saturated heterocycles. The van der Waals surface area contributed by atoms with Crippen molar-refractivity contribution in [2.75, 3.05) is 19.8 Å². The van der Waals surface area contributed by atoms with E-state index in [4.69, 9.17) is 44.3 Å². The molecule has 0 aromatic heterocycles. The number of hydrogen-bond donors (Lipinski definition) is 1. The van der Waals surface area contributed by atoms with Crippen LogP contribution in [0.2, 0.25) is 15.1 Å². The average Bonchev–Trinajstić information content (AvgIpc) is 2.90. The number of carbonyl (C=O) groups is 1. The normalized spacial score (nSPS) is 11.6. The predicted octanol–water partition coefficient (Wildman–Crippen LogP) is 6.18. The smallest absolute Gasteiger partial charge is 0.255 e. The first-order chi connectivity index (χ1) is 18.6. The summed E-state index contributed by atoms with van der Waals surface area (Å²) in [6.45, 7) is 4.10. The molecule has 0 unspecified atom stereocenters. The molecule has 0 spiro atoms. The van der Waals surface area contributed by atoms with Crippen LogP contribution in [0.5, 0.6) is 11.5 Å². The van der Waals surface area contributed by atoms with Gasteiger partial charge in [-0.3, -0.25) is 4.79 Å². The quantitative estimate of drug-likeness (QED) is 0.184. The number of hydrazone groups is 1. The van der Waals surface area contributed by atoms with Crippen LogP contribution in [-0.4, -0.2) is 44.6 Å². The average molecular weight is 613 g/mol. The summed E-state index contributed by atoms with van der Waals surface area (Å²) < 4.78 is 39.2. The molecule has 0 saturated carbocycles. The minimum absolute atomic E-state index is 0.0415. The van der Waals surface area contributed by atoms with E-state index < -0.39 is 22.5 Å². The molecule has 1 amide bonds. The van der Waals surface area contributed by atoms with Gasteiger partial charge in [-0.25, -0.2) is 13.8 Å². The Hall–Kier alpha value is -2.82. The highest BCUT2D eigenvalue weighted by Gasteiger charge is 2.28. The van der Waals surface area contributed by atoms with Crippen LogP contribution in [-0.2, 0) is 21.4 Å². The van der Waals surface area contributed by atoms with Crippen molar-refractivity contribution in [3.8, 4) is 11.5 Å². The number of carbonyl (C=O) groups excluding carboxylic acids is 1. The molecule has 39 heavy (non-hydrogen) atoms. The van der Waals surface area contributed by atoms with Crippen LogP contribution in [0.15, 0.2) is 70.7 Å². The van der Waals surface area contributed by atoms with E-state index in [9.17, 15) is 13.2 Å². The highest BCUT2D eigenvalue weighted by Crippen LogP contribution is 2.29. The third kappa shape index (κ3) is 8.58. The molecule has 0 atom stereocenters. The van der Waals surface area contributed by atoms with Gasteiger partial charge >= 0.3 is 0 Å². The molecule has 8 nitrogen and oxygen atoms in total. The molecule has 3 rings (SSSR count). The van der Waals surface area contributed by atoms with Gasteiger partial charge in [0.05, 0.1) is 30.9 Å². The Morgan fingerprint density at radius 1 is 0.974 bits per heavy atom. The lowest BCUT2D eigenvalue weighted by atomic mass is 10.2. The molecule has 0 fully saturated rings. The van der Waals surface area contributed by atoms with E-state index in [1.165, 1.54) is 30.5 Å². The van der Waals surface area contributed by atoms with Gasteiger partial charge in [0.25, 0.3) is 5.91 Å². The van der Waals surface area contributed by atoms with Crippen LogP contribution in [0.25, 0.3) is 0 Å². The van der Waals surface area contributed by atoms with Crippen LogP contribution in [0, 0.1) is 0 Å². The number of nitrogens with zero attached hydrogens (tertiary/aromatic N) is 2. The van der Waals surface area contributed by atoms with Crippen LogP contribution in [0.3, 0.4) is 0 Å².